The molecule has 2 aromatic carbocycles. The highest BCUT2D eigenvalue weighted by atomic mass is 28.4. The molecule has 0 unspecified atom stereocenters. The Balaban J connectivity index is 1.70. The Morgan fingerprint density at radius 3 is 2.07 bits per heavy atom. The Hall–Kier alpha value is -1.91. The molecule has 1 heterocycles. The zero-order chi connectivity index (χ0) is 19.8. The van der Waals surface area contributed by atoms with Crippen LogP contribution in [0.4, 0.5) is 0 Å². The van der Waals surface area contributed by atoms with Gasteiger partial charge in [0, 0.05) is 13.0 Å². The Bertz CT molecular complexity index is 773. The molecule has 2 bridgehead atoms. The second-order valence-corrected chi connectivity index (χ2v) is 13.6. The topological polar surface area (TPSA) is 35.5 Å². The molecule has 1 aliphatic carbocycles. The number of rotatable bonds is 5. The van der Waals surface area contributed by atoms with E-state index in [4.69, 9.17) is 9.16 Å². The van der Waals surface area contributed by atoms with Crippen LogP contribution in [-0.4, -0.2) is 27.0 Å². The smallest absolute Gasteiger partial charge is 0.306 e. The summed E-state index contributed by atoms with van der Waals surface area (Å²) in [4.78, 5) is 11.8. The summed E-state index contributed by atoms with van der Waals surface area (Å²) in [6, 6.07) is 21.5. The quantitative estimate of drug-likeness (QED) is 0.570. The van der Waals surface area contributed by atoms with E-state index in [0.717, 1.165) is 12.8 Å². The van der Waals surface area contributed by atoms with Gasteiger partial charge in [-0.1, -0.05) is 81.4 Å². The van der Waals surface area contributed by atoms with Crippen molar-refractivity contribution in [1.29, 1.82) is 0 Å². The van der Waals surface area contributed by atoms with Crippen LogP contribution in [0.15, 0.2) is 60.7 Å². The molecule has 3 nitrogen and oxygen atoms in total. The molecular formula is C24H30O3Si. The summed E-state index contributed by atoms with van der Waals surface area (Å²) in [5.74, 6) is 0.775. The van der Waals surface area contributed by atoms with Gasteiger partial charge in [-0.05, 0) is 40.1 Å². The molecule has 3 atom stereocenters. The lowest BCUT2D eigenvalue weighted by Gasteiger charge is -2.43. The van der Waals surface area contributed by atoms with Gasteiger partial charge in [0.05, 0.1) is 0 Å². The summed E-state index contributed by atoms with van der Waals surface area (Å²) in [6.45, 7) is 7.61. The first-order valence-electron chi connectivity index (χ1n) is 10.3. The van der Waals surface area contributed by atoms with Crippen molar-refractivity contribution in [3.8, 4) is 0 Å². The first-order chi connectivity index (χ1) is 13.4. The van der Waals surface area contributed by atoms with Crippen molar-refractivity contribution >= 4 is 24.7 Å². The van der Waals surface area contributed by atoms with E-state index >= 15 is 0 Å². The number of hydrogen-bond acceptors (Lipinski definition) is 3. The van der Waals surface area contributed by atoms with Crippen molar-refractivity contribution in [3.63, 3.8) is 0 Å². The third-order valence-corrected chi connectivity index (χ3v) is 11.5. The molecule has 2 fully saturated rings. The summed E-state index contributed by atoms with van der Waals surface area (Å²) >= 11 is 0. The molecular weight excluding hydrogens is 364 g/mol. The number of carbonyl (C=O) groups excluding carboxylic acids is 1. The van der Waals surface area contributed by atoms with Gasteiger partial charge in [0.25, 0.3) is 8.32 Å². The Morgan fingerprint density at radius 2 is 1.54 bits per heavy atom. The first-order valence-corrected chi connectivity index (χ1v) is 12.3. The number of benzene rings is 2. The second-order valence-electron chi connectivity index (χ2n) is 9.28. The maximum atomic E-state index is 11.8. The fourth-order valence-corrected chi connectivity index (χ4v) is 9.77. The van der Waals surface area contributed by atoms with Crippen molar-refractivity contribution in [3.05, 3.63) is 60.7 Å². The third kappa shape index (κ3) is 3.44. The van der Waals surface area contributed by atoms with E-state index < -0.39 is 8.32 Å². The molecule has 2 aromatic rings. The molecule has 1 aliphatic heterocycles. The van der Waals surface area contributed by atoms with Gasteiger partial charge >= 0.3 is 5.97 Å². The zero-order valence-electron chi connectivity index (χ0n) is 17.1. The molecule has 0 radical (unpaired) electrons. The monoisotopic (exact) mass is 394 g/mol. The zero-order valence-corrected chi connectivity index (χ0v) is 18.1. The summed E-state index contributed by atoms with van der Waals surface area (Å²) in [5, 5.41) is 2.60. The Kier molecular flexibility index (Phi) is 5.19. The van der Waals surface area contributed by atoms with Crippen LogP contribution in [0.25, 0.3) is 0 Å². The van der Waals surface area contributed by atoms with Crippen molar-refractivity contribution in [2.24, 2.45) is 11.8 Å². The van der Waals surface area contributed by atoms with Gasteiger partial charge in [-0.2, -0.15) is 0 Å². The van der Waals surface area contributed by atoms with Crippen molar-refractivity contribution in [2.75, 3.05) is 6.61 Å². The number of ether oxygens (including phenoxy) is 1. The maximum absolute atomic E-state index is 11.8. The number of esters is 1. The summed E-state index contributed by atoms with van der Waals surface area (Å²) in [5.41, 5.74) is 0. The average molecular weight is 395 g/mol. The van der Waals surface area contributed by atoms with E-state index in [9.17, 15) is 4.79 Å². The van der Waals surface area contributed by atoms with Crippen LogP contribution < -0.4 is 10.4 Å². The predicted octanol–water partition coefficient (Wildman–Crippen LogP) is 3.90. The third-order valence-electron chi connectivity index (χ3n) is 6.46. The van der Waals surface area contributed by atoms with Crippen LogP contribution in [0.1, 0.15) is 40.0 Å². The van der Waals surface area contributed by atoms with E-state index in [1.807, 2.05) is 0 Å². The Morgan fingerprint density at radius 1 is 0.964 bits per heavy atom. The van der Waals surface area contributed by atoms with Crippen LogP contribution in [-0.2, 0) is 14.0 Å². The minimum absolute atomic E-state index is 0.0181. The molecule has 1 saturated carbocycles. The first kappa shape index (κ1) is 19.4. The number of hydrogen-bond donors (Lipinski definition) is 0. The van der Waals surface area contributed by atoms with Crippen LogP contribution >= 0.6 is 0 Å². The van der Waals surface area contributed by atoms with E-state index in [1.54, 1.807) is 0 Å². The van der Waals surface area contributed by atoms with Gasteiger partial charge in [-0.15, -0.1) is 0 Å². The van der Waals surface area contributed by atoms with Gasteiger partial charge in [0.15, 0.2) is 0 Å². The van der Waals surface area contributed by atoms with Gasteiger partial charge in [0.2, 0.25) is 0 Å². The highest BCUT2D eigenvalue weighted by molar-refractivity contribution is 6.99. The molecule has 4 heteroatoms. The number of carbonyl (C=O) groups is 1. The normalized spacial score (nSPS) is 24.8. The molecule has 0 amide bonds. The van der Waals surface area contributed by atoms with E-state index in [1.165, 1.54) is 10.4 Å². The molecule has 0 aromatic heterocycles. The molecule has 2 aliphatic rings. The summed E-state index contributed by atoms with van der Waals surface area (Å²) in [6.07, 6.45) is 2.58. The fourth-order valence-electron chi connectivity index (χ4n) is 5.15. The minimum atomic E-state index is -2.50. The largest absolute Gasteiger partial charge is 0.462 e. The van der Waals surface area contributed by atoms with Gasteiger partial charge < -0.3 is 9.16 Å². The SMILES string of the molecule is CC(C)(C)[Si](OC[C@H]1C[C@H]2C[C@@H]1CC(=O)O2)(c1ccccc1)c1ccccc1. The van der Waals surface area contributed by atoms with Crippen LogP contribution in [0.5, 0.6) is 0 Å². The van der Waals surface area contributed by atoms with Crippen LogP contribution in [0, 0.1) is 11.8 Å². The fraction of sp³-hybridized carbons (Fsp3) is 0.458. The molecule has 148 valence electrons. The van der Waals surface area contributed by atoms with E-state index in [0.29, 0.717) is 24.9 Å². The van der Waals surface area contributed by atoms with Crippen molar-refractivity contribution in [1.82, 2.24) is 0 Å². The molecule has 1 saturated heterocycles. The molecule has 4 rings (SSSR count). The molecule has 0 spiro atoms. The lowest BCUT2D eigenvalue weighted by Crippen LogP contribution is -2.67. The highest BCUT2D eigenvalue weighted by Crippen LogP contribution is 2.42. The van der Waals surface area contributed by atoms with Crippen LogP contribution in [0.3, 0.4) is 0 Å². The molecule has 28 heavy (non-hydrogen) atoms. The minimum Gasteiger partial charge on any atom is -0.462 e. The molecule has 0 N–H and O–H groups in total. The maximum Gasteiger partial charge on any atom is 0.306 e. The average Bonchev–Trinajstić information content (AvgIpc) is 2.96. The lowest BCUT2D eigenvalue weighted by atomic mass is 9.93. The highest BCUT2D eigenvalue weighted by Gasteiger charge is 2.51. The van der Waals surface area contributed by atoms with Gasteiger partial charge in [-0.25, -0.2) is 0 Å². The second kappa shape index (κ2) is 7.49. The standard InChI is InChI=1S/C24H30O3Si/c1-24(2,3)28(21-10-6-4-7-11-21,22-12-8-5-9-13-22)26-17-19-15-20-14-18(19)16-23(25)27-20/h4-13,18-20H,14-17H2,1-3H3/t18-,19-,20-/m1/s1. The number of fused-ring (bicyclic) bond motifs is 2. The summed E-state index contributed by atoms with van der Waals surface area (Å²) < 4.78 is 12.6. The Labute approximate surface area is 169 Å². The van der Waals surface area contributed by atoms with Gasteiger partial charge in [-0.3, -0.25) is 4.79 Å². The van der Waals surface area contributed by atoms with E-state index in [2.05, 4.69) is 81.4 Å². The van der Waals surface area contributed by atoms with Gasteiger partial charge in [0.1, 0.15) is 6.10 Å². The lowest BCUT2D eigenvalue weighted by molar-refractivity contribution is -0.152. The predicted molar refractivity (Wildman–Crippen MR) is 114 cm³/mol. The van der Waals surface area contributed by atoms with Crippen molar-refractivity contribution < 1.29 is 14.0 Å². The summed E-state index contributed by atoms with van der Waals surface area (Å²) in [7, 11) is -2.50. The van der Waals surface area contributed by atoms with Crippen LogP contribution in [0.2, 0.25) is 5.04 Å². The van der Waals surface area contributed by atoms with E-state index in [-0.39, 0.29) is 17.1 Å². The van der Waals surface area contributed by atoms with Crippen molar-refractivity contribution in [2.45, 2.75) is 51.2 Å².